The van der Waals surface area contributed by atoms with Gasteiger partial charge in [0.1, 0.15) is 6.04 Å². The summed E-state index contributed by atoms with van der Waals surface area (Å²) >= 11 is 1.68. The van der Waals surface area contributed by atoms with Crippen LogP contribution in [0, 0.1) is 11.8 Å². The summed E-state index contributed by atoms with van der Waals surface area (Å²) in [5.41, 5.74) is 0.778. The molecule has 38 heavy (non-hydrogen) atoms. The first-order chi connectivity index (χ1) is 18.4. The maximum atomic E-state index is 14.3. The summed E-state index contributed by atoms with van der Waals surface area (Å²) in [5, 5.41) is 9.59. The zero-order valence-corrected chi connectivity index (χ0v) is 23.4. The van der Waals surface area contributed by atoms with Gasteiger partial charge in [-0.2, -0.15) is 0 Å². The summed E-state index contributed by atoms with van der Waals surface area (Å²) in [5.74, 6) is -1.33. The zero-order chi connectivity index (χ0) is 27.4. The number of likely N-dealkylation sites (tertiary alicyclic amines) is 1. The van der Waals surface area contributed by atoms with Crippen molar-refractivity contribution in [3.05, 3.63) is 55.6 Å². The summed E-state index contributed by atoms with van der Waals surface area (Å²) in [6, 6.07) is 8.86. The number of fused-ring (bicyclic) bond motifs is 1. The van der Waals surface area contributed by atoms with E-state index < -0.39 is 22.6 Å². The third-order valence-corrected chi connectivity index (χ3v) is 10.3. The van der Waals surface area contributed by atoms with Crippen molar-refractivity contribution in [1.29, 1.82) is 0 Å². The van der Waals surface area contributed by atoms with Gasteiger partial charge in [0.05, 0.1) is 16.6 Å². The fourth-order valence-electron chi connectivity index (χ4n) is 6.79. The first-order valence-corrected chi connectivity index (χ1v) is 14.7. The number of nitrogens with zero attached hydrogens (tertiary/aromatic N) is 3. The standard InChI is InChI=1S/C30H41N3O4S/c1-5-12-21(4)31(17-6-2)29(37)26-30-16-15-23(38-30)24(25(30)28(36)33(26)19-11-20-34)27(35)32(18-7-3)22-13-9-8-10-14-22/h6-10,13-14,21,23-26,34H,2-3,5,11-12,15-20H2,1,4H3/t21?,23-,24+,25+,26?,30?/m1/s1. The monoisotopic (exact) mass is 539 g/mol. The van der Waals surface area contributed by atoms with Crippen LogP contribution in [0.1, 0.15) is 46.0 Å². The van der Waals surface area contributed by atoms with Crippen LogP contribution >= 0.6 is 11.8 Å². The Labute approximate surface area is 230 Å². The molecule has 6 atom stereocenters. The number of thioether (sulfide) groups is 1. The number of anilines is 1. The molecule has 1 aromatic rings. The van der Waals surface area contributed by atoms with E-state index in [0.29, 0.717) is 26.1 Å². The largest absolute Gasteiger partial charge is 0.396 e. The number of carbonyl (C=O) groups is 3. The van der Waals surface area contributed by atoms with Crippen molar-refractivity contribution in [1.82, 2.24) is 9.80 Å². The van der Waals surface area contributed by atoms with Gasteiger partial charge in [-0.25, -0.2) is 0 Å². The molecule has 3 amide bonds. The van der Waals surface area contributed by atoms with Gasteiger partial charge < -0.3 is 19.8 Å². The van der Waals surface area contributed by atoms with E-state index >= 15 is 0 Å². The van der Waals surface area contributed by atoms with E-state index in [9.17, 15) is 19.5 Å². The average molecular weight is 540 g/mol. The highest BCUT2D eigenvalue weighted by molar-refractivity contribution is 8.02. The lowest BCUT2D eigenvalue weighted by Gasteiger charge is -2.39. The second kappa shape index (κ2) is 12.1. The fraction of sp³-hybridized carbons (Fsp3) is 0.567. The van der Waals surface area contributed by atoms with Crippen molar-refractivity contribution in [2.24, 2.45) is 11.8 Å². The molecule has 3 aliphatic rings. The predicted octanol–water partition coefficient (Wildman–Crippen LogP) is 3.88. The third-order valence-electron chi connectivity index (χ3n) is 8.37. The highest BCUT2D eigenvalue weighted by Gasteiger charge is 2.74. The van der Waals surface area contributed by atoms with Gasteiger partial charge in [0.2, 0.25) is 17.7 Å². The third kappa shape index (κ3) is 4.81. The summed E-state index contributed by atoms with van der Waals surface area (Å²) in [6.07, 6.45) is 7.17. The van der Waals surface area contributed by atoms with Crippen LogP contribution in [0.15, 0.2) is 55.6 Å². The number of hydrogen-bond donors (Lipinski definition) is 1. The minimum atomic E-state index is -0.650. The molecule has 3 aliphatic heterocycles. The van der Waals surface area contributed by atoms with Crippen LogP contribution in [0.3, 0.4) is 0 Å². The Bertz CT molecular complexity index is 1050. The Balaban J connectivity index is 1.73. The van der Waals surface area contributed by atoms with E-state index in [4.69, 9.17) is 0 Å². The van der Waals surface area contributed by atoms with Crippen molar-refractivity contribution in [3.8, 4) is 0 Å². The fourth-order valence-corrected chi connectivity index (χ4v) is 9.00. The van der Waals surface area contributed by atoms with Gasteiger partial charge in [0.25, 0.3) is 0 Å². The second-order valence-corrected chi connectivity index (χ2v) is 12.3. The summed E-state index contributed by atoms with van der Waals surface area (Å²) in [4.78, 5) is 47.9. The lowest BCUT2D eigenvalue weighted by Crippen LogP contribution is -2.56. The Morgan fingerprint density at radius 2 is 1.92 bits per heavy atom. The Kier molecular flexibility index (Phi) is 9.04. The number of carbonyl (C=O) groups excluding carboxylic acids is 3. The van der Waals surface area contributed by atoms with Gasteiger partial charge in [0.15, 0.2) is 0 Å². The molecule has 2 bridgehead atoms. The van der Waals surface area contributed by atoms with Crippen molar-refractivity contribution >= 4 is 35.2 Å². The molecule has 0 aliphatic carbocycles. The molecule has 3 unspecified atom stereocenters. The molecule has 1 N–H and O–H groups in total. The van der Waals surface area contributed by atoms with Crippen LogP contribution < -0.4 is 4.90 Å². The second-order valence-electron chi connectivity index (χ2n) is 10.7. The van der Waals surface area contributed by atoms with Gasteiger partial charge in [-0.1, -0.05) is 43.7 Å². The summed E-state index contributed by atoms with van der Waals surface area (Å²) < 4.78 is -0.642. The molecule has 0 saturated carbocycles. The van der Waals surface area contributed by atoms with Crippen LogP contribution in [0.4, 0.5) is 5.69 Å². The normalized spacial score (nSPS) is 28.2. The Morgan fingerprint density at radius 1 is 1.21 bits per heavy atom. The Hall–Kier alpha value is -2.58. The molecule has 3 heterocycles. The topological polar surface area (TPSA) is 81.2 Å². The lowest BCUT2D eigenvalue weighted by atomic mass is 9.70. The van der Waals surface area contributed by atoms with E-state index in [-0.39, 0.29) is 35.6 Å². The van der Waals surface area contributed by atoms with E-state index in [1.807, 2.05) is 42.2 Å². The Morgan fingerprint density at radius 3 is 2.55 bits per heavy atom. The van der Waals surface area contributed by atoms with Gasteiger partial charge >= 0.3 is 0 Å². The van der Waals surface area contributed by atoms with Gasteiger partial charge in [-0.05, 0) is 44.7 Å². The first-order valence-electron chi connectivity index (χ1n) is 13.8. The number of para-hydroxylation sites is 1. The van der Waals surface area contributed by atoms with E-state index in [1.54, 1.807) is 33.7 Å². The van der Waals surface area contributed by atoms with Crippen LogP contribution in [0.2, 0.25) is 0 Å². The predicted molar refractivity (Wildman–Crippen MR) is 153 cm³/mol. The van der Waals surface area contributed by atoms with Crippen molar-refractivity contribution in [2.45, 2.75) is 68.0 Å². The highest BCUT2D eigenvalue weighted by Crippen LogP contribution is 2.66. The molecule has 1 spiro atoms. The lowest BCUT2D eigenvalue weighted by molar-refractivity contribution is -0.144. The number of benzene rings is 1. The molecule has 206 valence electrons. The van der Waals surface area contributed by atoms with Gasteiger partial charge in [0, 0.05) is 43.2 Å². The molecular formula is C30H41N3O4S. The maximum Gasteiger partial charge on any atom is 0.247 e. The molecule has 1 aromatic carbocycles. The SMILES string of the molecule is C=CCN(C(=O)[C@@H]1[C@H]2C(=O)N(CCCO)C(C(=O)N(CC=C)C(C)CCC)C23CC[C@H]1S3)c1ccccc1. The number of aliphatic hydroxyl groups excluding tert-OH is 1. The number of hydrogen-bond acceptors (Lipinski definition) is 5. The summed E-state index contributed by atoms with van der Waals surface area (Å²) in [6.45, 7) is 12.9. The van der Waals surface area contributed by atoms with Crippen molar-refractivity contribution < 1.29 is 19.5 Å². The van der Waals surface area contributed by atoms with Crippen LogP contribution in [-0.2, 0) is 14.4 Å². The van der Waals surface area contributed by atoms with E-state index in [1.165, 1.54) is 0 Å². The van der Waals surface area contributed by atoms with Crippen LogP contribution in [0.5, 0.6) is 0 Å². The molecule has 0 radical (unpaired) electrons. The summed E-state index contributed by atoms with van der Waals surface area (Å²) in [7, 11) is 0. The van der Waals surface area contributed by atoms with E-state index in [0.717, 1.165) is 31.4 Å². The van der Waals surface area contributed by atoms with Crippen LogP contribution in [0.25, 0.3) is 0 Å². The van der Waals surface area contributed by atoms with Crippen molar-refractivity contribution in [2.75, 3.05) is 31.1 Å². The van der Waals surface area contributed by atoms with E-state index in [2.05, 4.69) is 20.1 Å². The molecular weight excluding hydrogens is 498 g/mol. The average Bonchev–Trinajstić information content (AvgIpc) is 3.56. The molecule has 0 aromatic heterocycles. The molecule has 3 fully saturated rings. The smallest absolute Gasteiger partial charge is 0.247 e. The number of aliphatic hydroxyl groups is 1. The quantitative estimate of drug-likeness (QED) is 0.385. The van der Waals surface area contributed by atoms with Gasteiger partial charge in [-0.15, -0.1) is 24.9 Å². The molecule has 3 saturated heterocycles. The number of amides is 3. The maximum absolute atomic E-state index is 14.3. The van der Waals surface area contributed by atoms with Crippen molar-refractivity contribution in [3.63, 3.8) is 0 Å². The molecule has 7 nitrogen and oxygen atoms in total. The molecule has 4 rings (SSSR count). The minimum absolute atomic E-state index is 0.0105. The first kappa shape index (κ1) is 28.4. The van der Waals surface area contributed by atoms with Gasteiger partial charge in [-0.3, -0.25) is 14.4 Å². The van der Waals surface area contributed by atoms with Crippen LogP contribution in [-0.4, -0.2) is 80.9 Å². The number of rotatable bonds is 13. The highest BCUT2D eigenvalue weighted by atomic mass is 32.2. The zero-order valence-electron chi connectivity index (χ0n) is 22.6. The molecule has 8 heteroatoms. The minimum Gasteiger partial charge on any atom is -0.396 e.